The van der Waals surface area contributed by atoms with Gasteiger partial charge in [-0.3, -0.25) is 0 Å². The smallest absolute Gasteiger partial charge is 0.330 e. The lowest BCUT2D eigenvalue weighted by atomic mass is 10.0. The van der Waals surface area contributed by atoms with Crippen LogP contribution in [0.25, 0.3) is 10.8 Å². The number of hydrogen-bond donors (Lipinski definition) is 0. The molecular formula is C59H98O8. The average molecular weight is 935 g/mol. The summed E-state index contributed by atoms with van der Waals surface area (Å²) in [6.45, 7) is 15.8. The predicted molar refractivity (Wildman–Crippen MR) is 281 cm³/mol. The summed E-state index contributed by atoms with van der Waals surface area (Å²) in [4.78, 5) is 24.3. The van der Waals surface area contributed by atoms with Crippen LogP contribution in [-0.4, -0.2) is 63.8 Å². The molecule has 2 rings (SSSR count). The summed E-state index contributed by atoms with van der Waals surface area (Å²) in [6, 6.07) is 9.79. The van der Waals surface area contributed by atoms with Gasteiger partial charge in [0.2, 0.25) is 0 Å². The van der Waals surface area contributed by atoms with Crippen LogP contribution in [0, 0.1) is 6.92 Å². The maximum absolute atomic E-state index is 12.1. The standard InChI is InChI=1S/C59H98O8/c1-6-10-12-14-16-18-20-22-24-26-28-30-32-34-36-38-44-62-47-54(66-58(60)8-3)49-64-53-41-42-56-51(5)57(43-40-52(56)46-53)65-50-55(67-59(61)9-4)48-63-45-39-37-35-33-31-29-27-25-23-21-19-17-15-13-11-7-2/h8-9,40-43,46,54-55H,3-4,6-7,10-39,44-45,47-50H2,1-2,5H3. The van der Waals surface area contributed by atoms with Gasteiger partial charge in [0.25, 0.3) is 0 Å². The zero-order valence-corrected chi connectivity index (χ0v) is 43.2. The molecule has 2 unspecified atom stereocenters. The third kappa shape index (κ3) is 32.2. The monoisotopic (exact) mass is 935 g/mol. The molecule has 0 spiro atoms. The molecule has 67 heavy (non-hydrogen) atoms. The zero-order chi connectivity index (χ0) is 48.3. The number of carbonyl (C=O) groups excluding carboxylic acids is 2. The molecule has 2 aromatic rings. The van der Waals surface area contributed by atoms with E-state index in [9.17, 15) is 9.59 Å². The number of unbranched alkanes of at least 4 members (excludes halogenated alkanes) is 30. The van der Waals surface area contributed by atoms with Crippen LogP contribution in [0.3, 0.4) is 0 Å². The number of carbonyl (C=O) groups is 2. The summed E-state index contributed by atoms with van der Waals surface area (Å²) in [5.74, 6) is 0.378. The zero-order valence-electron chi connectivity index (χ0n) is 43.2. The molecular weight excluding hydrogens is 837 g/mol. The molecule has 2 aromatic carbocycles. The van der Waals surface area contributed by atoms with E-state index in [4.69, 9.17) is 28.4 Å². The summed E-state index contributed by atoms with van der Waals surface area (Å²) in [5.41, 5.74) is 0.965. The highest BCUT2D eigenvalue weighted by Crippen LogP contribution is 2.30. The summed E-state index contributed by atoms with van der Waals surface area (Å²) in [6.07, 6.45) is 43.8. The molecule has 2 atom stereocenters. The van der Waals surface area contributed by atoms with Gasteiger partial charge < -0.3 is 28.4 Å². The molecule has 0 saturated heterocycles. The molecule has 0 radical (unpaired) electrons. The number of aryl methyl sites for hydroxylation is 1. The Bertz CT molecular complexity index is 1520. The molecule has 0 aliphatic rings. The van der Waals surface area contributed by atoms with Crippen LogP contribution in [0.1, 0.15) is 225 Å². The molecule has 0 bridgehead atoms. The van der Waals surface area contributed by atoms with Crippen LogP contribution in [0.4, 0.5) is 0 Å². The molecule has 0 aromatic heterocycles. The first-order valence-corrected chi connectivity index (χ1v) is 27.5. The van der Waals surface area contributed by atoms with Gasteiger partial charge >= 0.3 is 11.9 Å². The summed E-state index contributed by atoms with van der Waals surface area (Å²) < 4.78 is 35.4. The number of hydrogen-bond acceptors (Lipinski definition) is 8. The Labute approximate surface area is 410 Å². The minimum absolute atomic E-state index is 0.163. The van der Waals surface area contributed by atoms with Crippen molar-refractivity contribution in [1.82, 2.24) is 0 Å². The van der Waals surface area contributed by atoms with Gasteiger partial charge in [0.1, 0.15) is 24.7 Å². The first kappa shape index (κ1) is 59.8. The molecule has 0 aliphatic carbocycles. The fourth-order valence-corrected chi connectivity index (χ4v) is 8.65. The third-order valence-corrected chi connectivity index (χ3v) is 12.9. The number of esters is 2. The van der Waals surface area contributed by atoms with Gasteiger partial charge in [-0.1, -0.05) is 232 Å². The molecule has 0 fully saturated rings. The first-order chi connectivity index (χ1) is 32.9. The molecule has 0 N–H and O–H groups in total. The Morgan fingerprint density at radius 1 is 0.463 bits per heavy atom. The van der Waals surface area contributed by atoms with E-state index in [1.807, 2.05) is 37.3 Å². The van der Waals surface area contributed by atoms with Crippen molar-refractivity contribution in [3.05, 3.63) is 61.2 Å². The predicted octanol–water partition coefficient (Wildman–Crippen LogP) is 16.7. The summed E-state index contributed by atoms with van der Waals surface area (Å²) in [5, 5.41) is 2.00. The Hall–Kier alpha value is -3.36. The number of benzene rings is 2. The normalized spacial score (nSPS) is 12.2. The van der Waals surface area contributed by atoms with Crippen molar-refractivity contribution in [2.75, 3.05) is 39.6 Å². The fraction of sp³-hybridized carbons (Fsp3) is 0.729. The van der Waals surface area contributed by atoms with E-state index in [1.165, 1.54) is 192 Å². The molecule has 382 valence electrons. The largest absolute Gasteiger partial charge is 0.490 e. The topological polar surface area (TPSA) is 89.5 Å². The SMILES string of the molecule is C=CC(=O)OC(COCCCCCCCCCCCCCCCCCC)COc1ccc2c(C)c(OCC(COCCCCCCCCCCCCCCCCCC)OC(=O)C=C)ccc2c1. The second-order valence-corrected chi connectivity index (χ2v) is 19.0. The van der Waals surface area contributed by atoms with Crippen molar-refractivity contribution in [3.63, 3.8) is 0 Å². The lowest BCUT2D eigenvalue weighted by Crippen LogP contribution is -2.29. The lowest BCUT2D eigenvalue weighted by molar-refractivity contribution is -0.148. The quantitative estimate of drug-likeness (QED) is 0.0368. The third-order valence-electron chi connectivity index (χ3n) is 12.9. The van der Waals surface area contributed by atoms with E-state index in [1.54, 1.807) is 0 Å². The second-order valence-electron chi connectivity index (χ2n) is 19.0. The van der Waals surface area contributed by atoms with E-state index < -0.39 is 24.1 Å². The number of rotatable bonds is 48. The van der Waals surface area contributed by atoms with Gasteiger partial charge in [-0.25, -0.2) is 9.59 Å². The Morgan fingerprint density at radius 2 is 0.821 bits per heavy atom. The van der Waals surface area contributed by atoms with Crippen molar-refractivity contribution in [3.8, 4) is 11.5 Å². The van der Waals surface area contributed by atoms with Gasteiger partial charge in [-0.2, -0.15) is 0 Å². The van der Waals surface area contributed by atoms with Crippen molar-refractivity contribution in [2.45, 2.75) is 238 Å². The van der Waals surface area contributed by atoms with Gasteiger partial charge in [-0.15, -0.1) is 0 Å². The molecule has 0 aliphatic heterocycles. The highest BCUT2D eigenvalue weighted by Gasteiger charge is 2.17. The summed E-state index contributed by atoms with van der Waals surface area (Å²) in [7, 11) is 0. The van der Waals surface area contributed by atoms with Crippen molar-refractivity contribution >= 4 is 22.7 Å². The minimum atomic E-state index is -0.557. The fourth-order valence-electron chi connectivity index (χ4n) is 8.65. The van der Waals surface area contributed by atoms with Crippen LogP contribution in [0.15, 0.2) is 55.6 Å². The van der Waals surface area contributed by atoms with Gasteiger partial charge in [-0.05, 0) is 54.3 Å². The maximum Gasteiger partial charge on any atom is 0.330 e. The van der Waals surface area contributed by atoms with Crippen LogP contribution in [0.2, 0.25) is 0 Å². The summed E-state index contributed by atoms with van der Waals surface area (Å²) >= 11 is 0. The number of ether oxygens (including phenoxy) is 6. The van der Waals surface area contributed by atoms with Crippen LogP contribution < -0.4 is 9.47 Å². The van der Waals surface area contributed by atoms with Crippen LogP contribution >= 0.6 is 0 Å². The molecule has 8 heteroatoms. The minimum Gasteiger partial charge on any atom is -0.490 e. The average Bonchev–Trinajstić information content (AvgIpc) is 3.34. The first-order valence-electron chi connectivity index (χ1n) is 27.5. The highest BCUT2D eigenvalue weighted by atomic mass is 16.6. The Kier molecular flexibility index (Phi) is 38.1. The van der Waals surface area contributed by atoms with E-state index in [-0.39, 0.29) is 26.4 Å². The highest BCUT2D eigenvalue weighted by molar-refractivity contribution is 5.88. The Morgan fingerprint density at radius 3 is 1.19 bits per heavy atom. The van der Waals surface area contributed by atoms with Gasteiger partial charge in [0, 0.05) is 25.4 Å². The van der Waals surface area contributed by atoms with Crippen molar-refractivity contribution in [2.24, 2.45) is 0 Å². The van der Waals surface area contributed by atoms with Crippen molar-refractivity contribution in [1.29, 1.82) is 0 Å². The molecule has 0 saturated carbocycles. The van der Waals surface area contributed by atoms with Crippen LogP contribution in [0.5, 0.6) is 11.5 Å². The second kappa shape index (κ2) is 42.7. The van der Waals surface area contributed by atoms with E-state index >= 15 is 0 Å². The van der Waals surface area contributed by atoms with Gasteiger partial charge in [0.05, 0.1) is 13.2 Å². The van der Waals surface area contributed by atoms with Gasteiger partial charge in [0.15, 0.2) is 12.2 Å². The molecule has 0 heterocycles. The number of fused-ring (bicyclic) bond motifs is 1. The van der Waals surface area contributed by atoms with Crippen LogP contribution in [-0.2, 0) is 28.5 Å². The van der Waals surface area contributed by atoms with E-state index in [0.717, 1.165) is 42.0 Å². The Balaban J connectivity index is 1.65. The molecule has 0 amide bonds. The van der Waals surface area contributed by atoms with E-state index in [2.05, 4.69) is 27.0 Å². The molecule has 8 nitrogen and oxygen atoms in total. The van der Waals surface area contributed by atoms with Crippen molar-refractivity contribution < 1.29 is 38.0 Å². The van der Waals surface area contributed by atoms with E-state index in [0.29, 0.717) is 24.7 Å². The maximum atomic E-state index is 12.1. The lowest BCUT2D eigenvalue weighted by Gasteiger charge is -2.20.